The summed E-state index contributed by atoms with van der Waals surface area (Å²) < 4.78 is 19.2. The molecule has 21 heavy (non-hydrogen) atoms. The van der Waals surface area contributed by atoms with E-state index in [4.69, 9.17) is 4.74 Å². The minimum atomic E-state index is -0.218. The van der Waals surface area contributed by atoms with Crippen LogP contribution < -0.4 is 10.1 Å². The van der Waals surface area contributed by atoms with E-state index in [1.165, 1.54) is 6.07 Å². The van der Waals surface area contributed by atoms with E-state index in [-0.39, 0.29) is 11.4 Å². The first kappa shape index (κ1) is 15.5. The van der Waals surface area contributed by atoms with Gasteiger partial charge in [-0.3, -0.25) is 0 Å². The van der Waals surface area contributed by atoms with Crippen molar-refractivity contribution in [2.45, 2.75) is 39.8 Å². The molecule has 0 atom stereocenters. The van der Waals surface area contributed by atoms with Gasteiger partial charge in [-0.1, -0.05) is 18.2 Å². The maximum atomic E-state index is 13.3. The number of ether oxygens (including phenoxy) is 1. The van der Waals surface area contributed by atoms with E-state index in [0.717, 1.165) is 17.9 Å². The highest BCUT2D eigenvalue weighted by atomic mass is 19.1. The first-order chi connectivity index (χ1) is 9.85. The fourth-order valence-corrected chi connectivity index (χ4v) is 1.92. The minimum absolute atomic E-state index is 0.0412. The summed E-state index contributed by atoms with van der Waals surface area (Å²) in [6.45, 7) is 8.83. The van der Waals surface area contributed by atoms with E-state index in [1.54, 1.807) is 19.1 Å². The van der Waals surface area contributed by atoms with Crippen LogP contribution in [0.15, 0.2) is 42.5 Å². The number of para-hydroxylation sites is 1. The molecule has 2 aromatic rings. The van der Waals surface area contributed by atoms with Gasteiger partial charge in [0.1, 0.15) is 17.3 Å². The molecule has 0 saturated carbocycles. The lowest BCUT2D eigenvalue weighted by molar-refractivity contribution is 0.414. The van der Waals surface area contributed by atoms with Crippen molar-refractivity contribution >= 4 is 0 Å². The van der Waals surface area contributed by atoms with Gasteiger partial charge in [0.2, 0.25) is 0 Å². The third-order valence-corrected chi connectivity index (χ3v) is 3.14. The summed E-state index contributed by atoms with van der Waals surface area (Å²) in [6, 6.07) is 12.7. The highest BCUT2D eigenvalue weighted by Crippen LogP contribution is 2.26. The molecule has 0 amide bonds. The Labute approximate surface area is 126 Å². The van der Waals surface area contributed by atoms with Gasteiger partial charge in [-0.15, -0.1) is 0 Å². The Morgan fingerprint density at radius 1 is 1.10 bits per heavy atom. The quantitative estimate of drug-likeness (QED) is 0.871. The van der Waals surface area contributed by atoms with Crippen LogP contribution in [0, 0.1) is 12.7 Å². The lowest BCUT2D eigenvalue weighted by atomic mass is 10.1. The van der Waals surface area contributed by atoms with E-state index in [9.17, 15) is 4.39 Å². The van der Waals surface area contributed by atoms with E-state index in [1.807, 2.05) is 24.3 Å². The Balaban J connectivity index is 2.17. The molecule has 0 unspecified atom stereocenters. The zero-order valence-electron chi connectivity index (χ0n) is 13.0. The Morgan fingerprint density at radius 3 is 2.48 bits per heavy atom. The van der Waals surface area contributed by atoms with Gasteiger partial charge in [0.15, 0.2) is 0 Å². The Bertz CT molecular complexity index is 617. The van der Waals surface area contributed by atoms with Gasteiger partial charge in [-0.2, -0.15) is 0 Å². The highest BCUT2D eigenvalue weighted by molar-refractivity contribution is 5.39. The van der Waals surface area contributed by atoms with Crippen LogP contribution in [0.4, 0.5) is 4.39 Å². The largest absolute Gasteiger partial charge is 0.457 e. The standard InChI is InChI=1S/C18H22FNO/c1-13-11-15(9-10-16(13)19)21-17-8-6-5-7-14(17)12-20-18(2,3)4/h5-11,20H,12H2,1-4H3. The molecule has 1 N–H and O–H groups in total. The number of halogens is 1. The molecule has 0 heterocycles. The number of aryl methyl sites for hydroxylation is 1. The molecule has 0 bridgehead atoms. The topological polar surface area (TPSA) is 21.3 Å². The molecular weight excluding hydrogens is 265 g/mol. The van der Waals surface area contributed by atoms with Crippen LogP contribution in [0.5, 0.6) is 11.5 Å². The number of hydrogen-bond donors (Lipinski definition) is 1. The second kappa shape index (κ2) is 6.27. The molecule has 2 aromatic carbocycles. The predicted octanol–water partition coefficient (Wildman–Crippen LogP) is 4.81. The summed E-state index contributed by atoms with van der Waals surface area (Å²) in [7, 11) is 0. The first-order valence-corrected chi connectivity index (χ1v) is 7.12. The molecule has 0 radical (unpaired) electrons. The summed E-state index contributed by atoms with van der Waals surface area (Å²) in [5.41, 5.74) is 1.70. The van der Waals surface area contributed by atoms with Crippen LogP contribution in [0.25, 0.3) is 0 Å². The second-order valence-electron chi connectivity index (χ2n) is 6.22. The van der Waals surface area contributed by atoms with Crippen molar-refractivity contribution < 1.29 is 9.13 Å². The van der Waals surface area contributed by atoms with Crippen molar-refractivity contribution in [2.24, 2.45) is 0 Å². The second-order valence-corrected chi connectivity index (χ2v) is 6.22. The number of hydrogen-bond acceptors (Lipinski definition) is 2. The van der Waals surface area contributed by atoms with Gasteiger partial charge in [0, 0.05) is 17.6 Å². The van der Waals surface area contributed by atoms with Crippen LogP contribution in [0.3, 0.4) is 0 Å². The molecule has 112 valence electrons. The van der Waals surface area contributed by atoms with Crippen molar-refractivity contribution in [3.63, 3.8) is 0 Å². The summed E-state index contributed by atoms with van der Waals surface area (Å²) in [6.07, 6.45) is 0. The van der Waals surface area contributed by atoms with Crippen molar-refractivity contribution in [3.8, 4) is 11.5 Å². The molecule has 0 aliphatic rings. The molecule has 2 nitrogen and oxygen atoms in total. The lowest BCUT2D eigenvalue weighted by Gasteiger charge is -2.21. The molecule has 0 aromatic heterocycles. The van der Waals surface area contributed by atoms with E-state index >= 15 is 0 Å². The van der Waals surface area contributed by atoms with Gasteiger partial charge < -0.3 is 10.1 Å². The highest BCUT2D eigenvalue weighted by Gasteiger charge is 2.11. The summed E-state index contributed by atoms with van der Waals surface area (Å²) in [4.78, 5) is 0. The number of rotatable bonds is 4. The molecule has 0 aliphatic heterocycles. The fourth-order valence-electron chi connectivity index (χ4n) is 1.92. The third-order valence-electron chi connectivity index (χ3n) is 3.14. The third kappa shape index (κ3) is 4.57. The average molecular weight is 287 g/mol. The molecule has 0 aliphatic carbocycles. The molecule has 0 spiro atoms. The smallest absolute Gasteiger partial charge is 0.131 e. The Kier molecular flexibility index (Phi) is 4.63. The fraction of sp³-hybridized carbons (Fsp3) is 0.333. The van der Waals surface area contributed by atoms with Gasteiger partial charge in [0.05, 0.1) is 0 Å². The summed E-state index contributed by atoms with van der Waals surface area (Å²) in [5.74, 6) is 1.22. The predicted molar refractivity (Wildman–Crippen MR) is 84.2 cm³/mol. The maximum Gasteiger partial charge on any atom is 0.131 e. The summed E-state index contributed by atoms with van der Waals surface area (Å²) in [5, 5.41) is 3.44. The van der Waals surface area contributed by atoms with Crippen LogP contribution in [-0.4, -0.2) is 5.54 Å². The first-order valence-electron chi connectivity index (χ1n) is 7.12. The van der Waals surface area contributed by atoms with Gasteiger partial charge in [0.25, 0.3) is 0 Å². The maximum absolute atomic E-state index is 13.3. The molecule has 2 rings (SSSR count). The van der Waals surface area contributed by atoms with Crippen molar-refractivity contribution in [3.05, 3.63) is 59.4 Å². The molecular formula is C18H22FNO. The number of benzene rings is 2. The number of nitrogens with one attached hydrogen (secondary N) is 1. The Morgan fingerprint density at radius 2 is 1.81 bits per heavy atom. The van der Waals surface area contributed by atoms with Crippen LogP contribution in [0.1, 0.15) is 31.9 Å². The van der Waals surface area contributed by atoms with Crippen LogP contribution >= 0.6 is 0 Å². The monoisotopic (exact) mass is 287 g/mol. The van der Waals surface area contributed by atoms with E-state index < -0.39 is 0 Å². The lowest BCUT2D eigenvalue weighted by Crippen LogP contribution is -2.35. The van der Waals surface area contributed by atoms with Crippen molar-refractivity contribution in [1.29, 1.82) is 0 Å². The molecule has 3 heteroatoms. The van der Waals surface area contributed by atoms with Gasteiger partial charge in [-0.25, -0.2) is 4.39 Å². The van der Waals surface area contributed by atoms with E-state index in [2.05, 4.69) is 26.1 Å². The van der Waals surface area contributed by atoms with E-state index in [0.29, 0.717) is 11.3 Å². The van der Waals surface area contributed by atoms with Gasteiger partial charge in [-0.05, 0) is 57.5 Å². The minimum Gasteiger partial charge on any atom is -0.457 e. The van der Waals surface area contributed by atoms with Crippen molar-refractivity contribution in [1.82, 2.24) is 5.32 Å². The Hall–Kier alpha value is -1.87. The molecule has 0 fully saturated rings. The zero-order chi connectivity index (χ0) is 15.5. The van der Waals surface area contributed by atoms with Crippen molar-refractivity contribution in [2.75, 3.05) is 0 Å². The average Bonchev–Trinajstić information content (AvgIpc) is 2.41. The molecule has 0 saturated heterocycles. The van der Waals surface area contributed by atoms with Crippen LogP contribution in [-0.2, 0) is 6.54 Å². The van der Waals surface area contributed by atoms with Gasteiger partial charge >= 0.3 is 0 Å². The van der Waals surface area contributed by atoms with Crippen LogP contribution in [0.2, 0.25) is 0 Å². The SMILES string of the molecule is Cc1cc(Oc2ccccc2CNC(C)(C)C)ccc1F. The zero-order valence-corrected chi connectivity index (χ0v) is 13.0. The summed E-state index contributed by atoms with van der Waals surface area (Å²) >= 11 is 0. The normalized spacial score (nSPS) is 11.5.